The van der Waals surface area contributed by atoms with Crippen LogP contribution in [0.5, 0.6) is 5.75 Å². The Kier molecular flexibility index (Phi) is 10.3. The minimum absolute atomic E-state index is 0.154. The van der Waals surface area contributed by atoms with Crippen molar-refractivity contribution in [3.63, 3.8) is 0 Å². The molecule has 2 aromatic rings. The molecule has 0 spiro atoms. The Labute approximate surface area is 224 Å². The summed E-state index contributed by atoms with van der Waals surface area (Å²) in [4.78, 5) is 0. The molecule has 218 valence electrons. The Balaban J connectivity index is 1.81. The quantitative estimate of drug-likeness (QED) is 0.272. The molecule has 1 unspecified atom stereocenters. The minimum atomic E-state index is -5.65. The Morgan fingerprint density at radius 2 is 1.49 bits per heavy atom. The van der Waals surface area contributed by atoms with E-state index in [-0.39, 0.29) is 24.4 Å². The van der Waals surface area contributed by atoms with Crippen molar-refractivity contribution in [1.29, 1.82) is 0 Å². The first kappa shape index (κ1) is 31.2. The van der Waals surface area contributed by atoms with Gasteiger partial charge in [-0.2, -0.15) is 26.3 Å². The number of halogens is 6. The SMILES string of the molecule is CCc1cc(C2(CCc3ccc(CO)c(CO)c3)CCCCC2)ccc1OCC(O)C(C(F)(F)F)C(F)(F)F. The molecule has 1 saturated carbocycles. The number of aliphatic hydroxyl groups excluding tert-OH is 3. The van der Waals surface area contributed by atoms with Crippen molar-refractivity contribution in [2.24, 2.45) is 5.92 Å². The Bertz CT molecular complexity index is 1060. The van der Waals surface area contributed by atoms with Crippen molar-refractivity contribution in [3.8, 4) is 5.75 Å². The fourth-order valence-corrected chi connectivity index (χ4v) is 5.65. The van der Waals surface area contributed by atoms with Gasteiger partial charge in [-0.25, -0.2) is 0 Å². The van der Waals surface area contributed by atoms with E-state index in [4.69, 9.17) is 4.74 Å². The van der Waals surface area contributed by atoms with Crippen LogP contribution < -0.4 is 4.74 Å². The van der Waals surface area contributed by atoms with Crippen molar-refractivity contribution in [1.82, 2.24) is 0 Å². The van der Waals surface area contributed by atoms with E-state index in [0.29, 0.717) is 23.1 Å². The molecule has 0 radical (unpaired) electrons. The summed E-state index contributed by atoms with van der Waals surface area (Å²) in [5.41, 5.74) is 3.93. The van der Waals surface area contributed by atoms with Crippen LogP contribution in [0.2, 0.25) is 0 Å². The Hall–Kier alpha value is -2.30. The average Bonchev–Trinajstić information content (AvgIpc) is 2.89. The van der Waals surface area contributed by atoms with Gasteiger partial charge in [-0.3, -0.25) is 0 Å². The lowest BCUT2D eigenvalue weighted by atomic mass is 9.66. The minimum Gasteiger partial charge on any atom is -0.491 e. The van der Waals surface area contributed by atoms with Gasteiger partial charge in [-0.15, -0.1) is 0 Å². The first-order valence-electron chi connectivity index (χ1n) is 13.2. The van der Waals surface area contributed by atoms with Crippen LogP contribution in [0.4, 0.5) is 26.3 Å². The third-order valence-corrected chi connectivity index (χ3v) is 7.87. The van der Waals surface area contributed by atoms with E-state index in [1.807, 2.05) is 37.3 Å². The normalized spacial score (nSPS) is 16.9. The summed E-state index contributed by atoms with van der Waals surface area (Å²) < 4.78 is 83.1. The van der Waals surface area contributed by atoms with E-state index < -0.39 is 31.0 Å². The molecule has 1 atom stereocenters. The van der Waals surface area contributed by atoms with Crippen molar-refractivity contribution in [3.05, 3.63) is 64.2 Å². The Morgan fingerprint density at radius 1 is 0.846 bits per heavy atom. The van der Waals surface area contributed by atoms with Gasteiger partial charge in [0.15, 0.2) is 5.92 Å². The van der Waals surface area contributed by atoms with Gasteiger partial charge in [0.2, 0.25) is 0 Å². The maximum absolute atomic E-state index is 13.0. The van der Waals surface area contributed by atoms with Crippen LogP contribution in [0, 0.1) is 5.92 Å². The highest BCUT2D eigenvalue weighted by molar-refractivity contribution is 5.41. The summed E-state index contributed by atoms with van der Waals surface area (Å²) >= 11 is 0. The number of rotatable bonds is 11. The summed E-state index contributed by atoms with van der Waals surface area (Å²) in [5, 5.41) is 28.9. The molecule has 0 saturated heterocycles. The molecule has 1 fully saturated rings. The highest BCUT2D eigenvalue weighted by Gasteiger charge is 2.60. The predicted octanol–water partition coefficient (Wildman–Crippen LogP) is 6.55. The van der Waals surface area contributed by atoms with Crippen molar-refractivity contribution < 1.29 is 46.4 Å². The molecule has 10 heteroatoms. The molecule has 3 rings (SSSR count). The van der Waals surface area contributed by atoms with Gasteiger partial charge in [0.05, 0.1) is 13.2 Å². The average molecular weight is 563 g/mol. The van der Waals surface area contributed by atoms with Gasteiger partial charge in [0.1, 0.15) is 18.5 Å². The van der Waals surface area contributed by atoms with E-state index in [2.05, 4.69) is 0 Å². The molecule has 0 aromatic heterocycles. The lowest BCUT2D eigenvalue weighted by Crippen LogP contribution is -2.47. The van der Waals surface area contributed by atoms with Gasteiger partial charge in [0.25, 0.3) is 0 Å². The lowest BCUT2D eigenvalue weighted by molar-refractivity contribution is -0.308. The van der Waals surface area contributed by atoms with Crippen LogP contribution >= 0.6 is 0 Å². The molecular weight excluding hydrogens is 526 g/mol. The molecule has 3 N–H and O–H groups in total. The van der Waals surface area contributed by atoms with Gasteiger partial charge in [0, 0.05) is 0 Å². The largest absolute Gasteiger partial charge is 0.491 e. The van der Waals surface area contributed by atoms with Crippen LogP contribution in [0.1, 0.15) is 73.3 Å². The van der Waals surface area contributed by atoms with E-state index >= 15 is 0 Å². The molecule has 39 heavy (non-hydrogen) atoms. The smallest absolute Gasteiger partial charge is 0.403 e. The zero-order chi connectivity index (χ0) is 28.8. The number of ether oxygens (including phenoxy) is 1. The monoisotopic (exact) mass is 562 g/mol. The van der Waals surface area contributed by atoms with Crippen LogP contribution in [0.25, 0.3) is 0 Å². The van der Waals surface area contributed by atoms with Crippen LogP contribution in [-0.2, 0) is 31.5 Å². The van der Waals surface area contributed by atoms with Gasteiger partial charge < -0.3 is 20.1 Å². The number of aliphatic hydroxyl groups is 3. The number of alkyl halides is 6. The fourth-order valence-electron chi connectivity index (χ4n) is 5.65. The Morgan fingerprint density at radius 3 is 2.05 bits per heavy atom. The molecule has 1 aliphatic carbocycles. The third-order valence-electron chi connectivity index (χ3n) is 7.87. The van der Waals surface area contributed by atoms with Crippen LogP contribution in [0.3, 0.4) is 0 Å². The molecule has 1 aliphatic rings. The van der Waals surface area contributed by atoms with E-state index in [1.165, 1.54) is 0 Å². The lowest BCUT2D eigenvalue weighted by Gasteiger charge is -2.39. The van der Waals surface area contributed by atoms with Gasteiger partial charge in [-0.05, 0) is 71.4 Å². The highest BCUT2D eigenvalue weighted by atomic mass is 19.4. The topological polar surface area (TPSA) is 69.9 Å². The summed E-state index contributed by atoms with van der Waals surface area (Å²) in [5.74, 6) is -3.74. The number of hydrogen-bond acceptors (Lipinski definition) is 4. The summed E-state index contributed by atoms with van der Waals surface area (Å²) in [6.07, 6.45) is -7.03. The summed E-state index contributed by atoms with van der Waals surface area (Å²) in [7, 11) is 0. The molecule has 4 nitrogen and oxygen atoms in total. The fraction of sp³-hybridized carbons (Fsp3) is 0.586. The van der Waals surface area contributed by atoms with Crippen LogP contribution in [-0.4, -0.2) is 40.4 Å². The predicted molar refractivity (Wildman–Crippen MR) is 134 cm³/mol. The zero-order valence-corrected chi connectivity index (χ0v) is 21.9. The number of hydrogen-bond donors (Lipinski definition) is 3. The van der Waals surface area contributed by atoms with Crippen molar-refractivity contribution >= 4 is 0 Å². The summed E-state index contributed by atoms with van der Waals surface area (Å²) in [6.45, 7) is 0.359. The second kappa shape index (κ2) is 12.9. The molecule has 0 bridgehead atoms. The van der Waals surface area contributed by atoms with Crippen molar-refractivity contribution in [2.45, 2.75) is 95.4 Å². The molecule has 0 amide bonds. The van der Waals surface area contributed by atoms with Crippen molar-refractivity contribution in [2.75, 3.05) is 6.61 Å². The molecular formula is C29H36F6O4. The number of benzene rings is 2. The van der Waals surface area contributed by atoms with Crippen LogP contribution in [0.15, 0.2) is 36.4 Å². The van der Waals surface area contributed by atoms with E-state index in [9.17, 15) is 41.7 Å². The van der Waals surface area contributed by atoms with E-state index in [0.717, 1.165) is 56.1 Å². The third kappa shape index (κ3) is 7.67. The summed E-state index contributed by atoms with van der Waals surface area (Å²) in [6, 6.07) is 11.0. The second-order valence-corrected chi connectivity index (χ2v) is 10.4. The number of aryl methyl sites for hydroxylation is 2. The van der Waals surface area contributed by atoms with Gasteiger partial charge in [-0.1, -0.05) is 56.5 Å². The second-order valence-electron chi connectivity index (χ2n) is 10.4. The molecule has 0 aliphatic heterocycles. The first-order valence-corrected chi connectivity index (χ1v) is 13.2. The highest BCUT2D eigenvalue weighted by Crippen LogP contribution is 2.45. The molecule has 2 aromatic carbocycles. The standard InChI is InChI=1S/C29H36F6O4/c1-2-20-15-23(8-9-25(20)39-18-24(38)26(28(30,31)32)29(33,34)35)27(11-4-3-5-12-27)13-10-19-6-7-21(16-36)22(14-19)17-37/h6-9,14-15,24,26,36-38H,2-5,10-13,16-18H2,1H3. The molecule has 0 heterocycles. The first-order chi connectivity index (χ1) is 18.3. The van der Waals surface area contributed by atoms with E-state index in [1.54, 1.807) is 6.07 Å². The van der Waals surface area contributed by atoms with Gasteiger partial charge >= 0.3 is 12.4 Å². The maximum atomic E-state index is 13.0. The zero-order valence-electron chi connectivity index (χ0n) is 21.9. The maximum Gasteiger partial charge on any atom is 0.403 e.